The van der Waals surface area contributed by atoms with Gasteiger partial charge in [-0.1, -0.05) is 24.3 Å². The monoisotopic (exact) mass is 412 g/mol. The van der Waals surface area contributed by atoms with Crippen LogP contribution in [0.25, 0.3) is 0 Å². The predicted molar refractivity (Wildman–Crippen MR) is 113 cm³/mol. The number of hydrogen-bond acceptors (Lipinski definition) is 6. The molecule has 0 spiro atoms. The van der Waals surface area contributed by atoms with Crippen LogP contribution in [-0.2, 0) is 22.6 Å². The maximum Gasteiger partial charge on any atom is 0.222 e. The minimum atomic E-state index is 0.246. The molecule has 8 heteroatoms. The van der Waals surface area contributed by atoms with Gasteiger partial charge in [0.05, 0.1) is 19.8 Å². The first kappa shape index (κ1) is 20.9. The van der Waals surface area contributed by atoms with Crippen LogP contribution in [0.5, 0.6) is 0 Å². The molecule has 2 aromatic rings. The van der Waals surface area contributed by atoms with Gasteiger partial charge in [-0.15, -0.1) is 5.10 Å². The lowest BCUT2D eigenvalue weighted by Crippen LogP contribution is -2.39. The zero-order chi connectivity index (χ0) is 20.8. The number of carbonyl (C=O) groups is 1. The first-order chi connectivity index (χ1) is 14.7. The summed E-state index contributed by atoms with van der Waals surface area (Å²) in [4.78, 5) is 17.2. The lowest BCUT2D eigenvalue weighted by Gasteiger charge is -2.33. The number of morpholine rings is 1. The van der Waals surface area contributed by atoms with Gasteiger partial charge >= 0.3 is 0 Å². The smallest absolute Gasteiger partial charge is 0.222 e. The van der Waals surface area contributed by atoms with Crippen molar-refractivity contribution >= 4 is 5.91 Å². The molecule has 1 atom stereocenters. The van der Waals surface area contributed by atoms with Crippen molar-refractivity contribution in [2.24, 2.45) is 0 Å². The Morgan fingerprint density at radius 3 is 2.87 bits per heavy atom. The normalized spacial score (nSPS) is 20.4. The first-order valence-electron chi connectivity index (χ1n) is 11.1. The molecule has 1 amide bonds. The van der Waals surface area contributed by atoms with Gasteiger partial charge in [0.15, 0.2) is 5.82 Å². The van der Waals surface area contributed by atoms with Gasteiger partial charge in [-0.25, -0.2) is 4.68 Å². The SMILES string of the molecule is Cc1ccccc1C1CCCN(C(=O)CCCn2nnnc2CN2CCOCC2)C1. The van der Waals surface area contributed by atoms with E-state index >= 15 is 0 Å². The number of carbonyl (C=O) groups excluding carboxylic acids is 1. The van der Waals surface area contributed by atoms with Crippen LogP contribution in [0.4, 0.5) is 0 Å². The Labute approximate surface area is 178 Å². The number of rotatable bonds is 7. The lowest BCUT2D eigenvalue weighted by atomic mass is 9.88. The second-order valence-corrected chi connectivity index (χ2v) is 8.35. The third-order valence-electron chi connectivity index (χ3n) is 6.24. The molecule has 1 aromatic heterocycles. The largest absolute Gasteiger partial charge is 0.379 e. The topological polar surface area (TPSA) is 76.4 Å². The lowest BCUT2D eigenvalue weighted by molar-refractivity contribution is -0.132. The molecule has 0 saturated carbocycles. The van der Waals surface area contributed by atoms with Gasteiger partial charge in [0.1, 0.15) is 0 Å². The second-order valence-electron chi connectivity index (χ2n) is 8.35. The molecule has 30 heavy (non-hydrogen) atoms. The molecule has 2 aliphatic rings. The molecule has 3 heterocycles. The van der Waals surface area contributed by atoms with Crippen LogP contribution >= 0.6 is 0 Å². The summed E-state index contributed by atoms with van der Waals surface area (Å²) in [6, 6.07) is 8.55. The molecule has 0 N–H and O–H groups in total. The molecule has 1 unspecified atom stereocenters. The van der Waals surface area contributed by atoms with Gasteiger partial charge in [-0.3, -0.25) is 9.69 Å². The summed E-state index contributed by atoms with van der Waals surface area (Å²) < 4.78 is 7.24. The Balaban J connectivity index is 1.26. The van der Waals surface area contributed by atoms with Crippen molar-refractivity contribution in [2.75, 3.05) is 39.4 Å². The molecule has 1 aromatic carbocycles. The number of tetrazole rings is 1. The maximum atomic E-state index is 12.8. The number of benzene rings is 1. The molecule has 0 bridgehead atoms. The maximum absolute atomic E-state index is 12.8. The van der Waals surface area contributed by atoms with Gasteiger partial charge in [0.25, 0.3) is 0 Å². The third kappa shape index (κ3) is 5.23. The summed E-state index contributed by atoms with van der Waals surface area (Å²) in [7, 11) is 0. The standard InChI is InChI=1S/C22H32N6O2/c1-18-6-2-3-8-20(18)19-7-4-10-27(16-19)22(29)9-5-11-28-21(23-24-25-28)17-26-12-14-30-15-13-26/h2-3,6,8,19H,4-5,7,9-17H2,1H3. The number of ether oxygens (including phenoxy) is 1. The van der Waals surface area contributed by atoms with Crippen LogP contribution in [-0.4, -0.2) is 75.3 Å². The number of aromatic nitrogens is 4. The molecule has 162 valence electrons. The highest BCUT2D eigenvalue weighted by Crippen LogP contribution is 2.29. The molecule has 2 fully saturated rings. The molecule has 0 aliphatic carbocycles. The minimum Gasteiger partial charge on any atom is -0.379 e. The summed E-state index contributed by atoms with van der Waals surface area (Å²) in [6.07, 6.45) is 3.52. The van der Waals surface area contributed by atoms with E-state index < -0.39 is 0 Å². The fraction of sp³-hybridized carbons (Fsp3) is 0.636. The van der Waals surface area contributed by atoms with Crippen molar-refractivity contribution in [2.45, 2.75) is 51.6 Å². The Morgan fingerprint density at radius 1 is 1.20 bits per heavy atom. The van der Waals surface area contributed by atoms with Crippen LogP contribution in [0.1, 0.15) is 48.6 Å². The second kappa shape index (κ2) is 10.1. The Kier molecular flexibility index (Phi) is 7.07. The van der Waals surface area contributed by atoms with Crippen LogP contribution in [0.3, 0.4) is 0 Å². The zero-order valence-electron chi connectivity index (χ0n) is 17.9. The Bertz CT molecular complexity index is 833. The number of amides is 1. The van der Waals surface area contributed by atoms with Crippen molar-refractivity contribution in [1.29, 1.82) is 0 Å². The first-order valence-corrected chi connectivity index (χ1v) is 11.1. The van der Waals surface area contributed by atoms with E-state index in [9.17, 15) is 4.79 Å². The summed E-state index contributed by atoms with van der Waals surface area (Å²) in [6.45, 7) is 8.60. The van der Waals surface area contributed by atoms with Gasteiger partial charge in [-0.2, -0.15) is 0 Å². The quantitative estimate of drug-likeness (QED) is 0.692. The average molecular weight is 413 g/mol. The van der Waals surface area contributed by atoms with Crippen molar-refractivity contribution in [3.63, 3.8) is 0 Å². The van der Waals surface area contributed by atoms with E-state index in [0.717, 1.165) is 71.0 Å². The summed E-state index contributed by atoms with van der Waals surface area (Å²) >= 11 is 0. The fourth-order valence-electron chi connectivity index (χ4n) is 4.51. The molecule has 8 nitrogen and oxygen atoms in total. The predicted octanol–water partition coefficient (Wildman–Crippen LogP) is 2.00. The van der Waals surface area contributed by atoms with Crippen molar-refractivity contribution in [1.82, 2.24) is 30.0 Å². The Morgan fingerprint density at radius 2 is 2.03 bits per heavy atom. The average Bonchev–Trinajstić information content (AvgIpc) is 3.21. The van der Waals surface area contributed by atoms with Crippen LogP contribution in [0, 0.1) is 6.92 Å². The summed E-state index contributed by atoms with van der Waals surface area (Å²) in [5, 5.41) is 12.1. The van der Waals surface area contributed by atoms with Crippen molar-refractivity contribution in [3.05, 3.63) is 41.2 Å². The molecular formula is C22H32N6O2. The van der Waals surface area contributed by atoms with Crippen molar-refractivity contribution in [3.8, 4) is 0 Å². The van der Waals surface area contributed by atoms with E-state index in [0.29, 0.717) is 18.9 Å². The number of likely N-dealkylation sites (tertiary alicyclic amines) is 1. The fourth-order valence-corrected chi connectivity index (χ4v) is 4.51. The highest BCUT2D eigenvalue weighted by atomic mass is 16.5. The highest BCUT2D eigenvalue weighted by Gasteiger charge is 2.25. The minimum absolute atomic E-state index is 0.246. The molecule has 4 rings (SSSR count). The molecule has 2 saturated heterocycles. The van der Waals surface area contributed by atoms with Gasteiger partial charge in [0.2, 0.25) is 5.91 Å². The van der Waals surface area contributed by atoms with E-state index in [1.807, 2.05) is 4.68 Å². The number of aryl methyl sites for hydroxylation is 2. The third-order valence-corrected chi connectivity index (χ3v) is 6.24. The van der Waals surface area contributed by atoms with Gasteiger partial charge in [-0.05, 0) is 47.7 Å². The van der Waals surface area contributed by atoms with E-state index in [1.165, 1.54) is 11.1 Å². The molecular weight excluding hydrogens is 380 g/mol. The van der Waals surface area contributed by atoms with Crippen molar-refractivity contribution < 1.29 is 9.53 Å². The van der Waals surface area contributed by atoms with Gasteiger partial charge in [0, 0.05) is 45.1 Å². The van der Waals surface area contributed by atoms with E-state index in [2.05, 4.69) is 56.5 Å². The number of hydrogen-bond donors (Lipinski definition) is 0. The van der Waals surface area contributed by atoms with E-state index in [1.54, 1.807) is 0 Å². The highest BCUT2D eigenvalue weighted by molar-refractivity contribution is 5.76. The van der Waals surface area contributed by atoms with Gasteiger partial charge < -0.3 is 9.64 Å². The number of nitrogens with zero attached hydrogens (tertiary/aromatic N) is 6. The van der Waals surface area contributed by atoms with Crippen LogP contribution < -0.4 is 0 Å². The van der Waals surface area contributed by atoms with Crippen LogP contribution in [0.2, 0.25) is 0 Å². The Hall–Kier alpha value is -2.32. The molecule has 0 radical (unpaired) electrons. The molecule has 2 aliphatic heterocycles. The summed E-state index contributed by atoms with van der Waals surface area (Å²) in [5.74, 6) is 1.56. The number of piperidine rings is 1. The van der Waals surface area contributed by atoms with E-state index in [-0.39, 0.29) is 5.91 Å². The summed E-state index contributed by atoms with van der Waals surface area (Å²) in [5.41, 5.74) is 2.71. The van der Waals surface area contributed by atoms with Crippen LogP contribution in [0.15, 0.2) is 24.3 Å². The van der Waals surface area contributed by atoms with E-state index in [4.69, 9.17) is 4.74 Å². The zero-order valence-corrected chi connectivity index (χ0v) is 17.9.